The van der Waals surface area contributed by atoms with Crippen molar-refractivity contribution >= 4 is 17.9 Å². The van der Waals surface area contributed by atoms with E-state index in [-0.39, 0.29) is 0 Å². The summed E-state index contributed by atoms with van der Waals surface area (Å²) in [7, 11) is 0. The minimum Gasteiger partial charge on any atom is -0.481 e. The predicted molar refractivity (Wildman–Crippen MR) is 95.6 cm³/mol. The summed E-state index contributed by atoms with van der Waals surface area (Å²) in [6.07, 6.45) is 0.569. The largest absolute Gasteiger partial charge is 0.481 e. The fourth-order valence-corrected chi connectivity index (χ4v) is 3.07. The van der Waals surface area contributed by atoms with Gasteiger partial charge in [-0.25, -0.2) is 0 Å². The van der Waals surface area contributed by atoms with Crippen LogP contribution in [0.2, 0.25) is 0 Å². The van der Waals surface area contributed by atoms with E-state index in [1.807, 2.05) is 0 Å². The molecule has 0 aromatic carbocycles. The molecule has 8 nitrogen and oxygen atoms in total. The van der Waals surface area contributed by atoms with Crippen LogP contribution in [0.25, 0.3) is 0 Å². The highest BCUT2D eigenvalue weighted by molar-refractivity contribution is 5.71. The minimum absolute atomic E-state index is 0.403. The lowest BCUT2D eigenvalue weighted by Crippen LogP contribution is -2.53. The Balaban J connectivity index is 5.94. The molecule has 0 aliphatic heterocycles. The van der Waals surface area contributed by atoms with E-state index in [1.165, 1.54) is 12.0 Å². The Morgan fingerprint density at radius 2 is 1.08 bits per heavy atom. The number of carboxylic acid groups (broad SMARTS) is 3. The maximum atomic E-state index is 11.5. The van der Waals surface area contributed by atoms with Gasteiger partial charge in [0.05, 0.1) is 23.9 Å². The average Bonchev–Trinajstić information content (AvgIpc) is 2.58. The van der Waals surface area contributed by atoms with Crippen LogP contribution >= 0.6 is 0 Å². The Kier molecular flexibility index (Phi) is 10.4. The van der Waals surface area contributed by atoms with Crippen molar-refractivity contribution in [3.05, 3.63) is 0 Å². The van der Waals surface area contributed by atoms with E-state index in [1.54, 1.807) is 34.6 Å². The van der Waals surface area contributed by atoms with Gasteiger partial charge in [0.1, 0.15) is 0 Å². The number of hydrogen-bond donors (Lipinski definition) is 3. The van der Waals surface area contributed by atoms with Crippen molar-refractivity contribution in [2.45, 2.75) is 79.0 Å². The quantitative estimate of drug-likeness (QED) is 0.420. The van der Waals surface area contributed by atoms with Crippen LogP contribution in [0, 0.1) is 17.8 Å². The molecular weight excluding hydrogens is 342 g/mol. The molecule has 26 heavy (non-hydrogen) atoms. The highest BCUT2D eigenvalue weighted by Crippen LogP contribution is 2.28. The summed E-state index contributed by atoms with van der Waals surface area (Å²) < 4.78 is 0. The van der Waals surface area contributed by atoms with Gasteiger partial charge < -0.3 is 15.3 Å². The van der Waals surface area contributed by atoms with Gasteiger partial charge in [-0.2, -0.15) is 5.06 Å². The van der Waals surface area contributed by atoms with E-state index in [9.17, 15) is 29.7 Å². The first-order valence-electron chi connectivity index (χ1n) is 9.16. The van der Waals surface area contributed by atoms with Crippen LogP contribution in [0.4, 0.5) is 0 Å². The van der Waals surface area contributed by atoms with E-state index in [2.05, 4.69) is 0 Å². The average molecular weight is 375 g/mol. The second kappa shape index (κ2) is 11.1. The summed E-state index contributed by atoms with van der Waals surface area (Å²) in [6, 6.07) is -1.15. The van der Waals surface area contributed by atoms with Gasteiger partial charge in [0.2, 0.25) is 0 Å². The fourth-order valence-electron chi connectivity index (χ4n) is 3.07. The third kappa shape index (κ3) is 6.25. The van der Waals surface area contributed by atoms with E-state index in [4.69, 9.17) is 4.84 Å². The Bertz CT molecular complexity index is 454. The highest BCUT2D eigenvalue weighted by Gasteiger charge is 2.39. The van der Waals surface area contributed by atoms with Gasteiger partial charge in [-0.15, -0.1) is 0 Å². The molecule has 152 valence electrons. The standard InChI is InChI=1S/C18H33NO7/c1-7-13(10(4)16(20)21)19(14(8-2)11(5)17(22)23)26-15(9-3)12(6)18(24)25/h10-15H,7-9H2,1-6H3,(H,20,21)(H,22,23)(H,24,25). The zero-order valence-electron chi connectivity index (χ0n) is 16.5. The second-order valence-electron chi connectivity index (χ2n) is 6.74. The van der Waals surface area contributed by atoms with Crippen LogP contribution in [0.1, 0.15) is 60.8 Å². The zero-order chi connectivity index (χ0) is 20.6. The van der Waals surface area contributed by atoms with Crippen molar-refractivity contribution < 1.29 is 34.5 Å². The number of carboxylic acids is 3. The molecule has 0 aliphatic carbocycles. The molecule has 3 N–H and O–H groups in total. The van der Waals surface area contributed by atoms with Crippen molar-refractivity contribution in [3.63, 3.8) is 0 Å². The molecule has 0 bridgehead atoms. The number of nitrogens with zero attached hydrogens (tertiary/aromatic N) is 1. The first-order valence-corrected chi connectivity index (χ1v) is 9.16. The molecule has 0 fully saturated rings. The van der Waals surface area contributed by atoms with Crippen molar-refractivity contribution in [1.82, 2.24) is 5.06 Å². The molecule has 0 rings (SSSR count). The molecule has 0 radical (unpaired) electrons. The van der Waals surface area contributed by atoms with Gasteiger partial charge in [-0.3, -0.25) is 19.2 Å². The molecule has 0 saturated carbocycles. The Morgan fingerprint density at radius 1 is 0.731 bits per heavy atom. The third-order valence-electron chi connectivity index (χ3n) is 5.03. The van der Waals surface area contributed by atoms with E-state index in [0.29, 0.717) is 19.3 Å². The molecule has 0 spiro atoms. The maximum Gasteiger partial charge on any atom is 0.308 e. The van der Waals surface area contributed by atoms with Crippen LogP contribution in [0.3, 0.4) is 0 Å². The zero-order valence-corrected chi connectivity index (χ0v) is 16.5. The summed E-state index contributed by atoms with van der Waals surface area (Å²) in [5.41, 5.74) is 0. The Labute approximate surface area is 155 Å². The van der Waals surface area contributed by atoms with E-state index < -0.39 is 53.8 Å². The normalized spacial score (nSPS) is 18.6. The van der Waals surface area contributed by atoms with E-state index >= 15 is 0 Å². The Morgan fingerprint density at radius 3 is 1.31 bits per heavy atom. The molecule has 0 saturated heterocycles. The monoisotopic (exact) mass is 375 g/mol. The lowest BCUT2D eigenvalue weighted by molar-refractivity contribution is -0.270. The number of carbonyl (C=O) groups is 3. The van der Waals surface area contributed by atoms with Gasteiger partial charge in [0.25, 0.3) is 0 Å². The summed E-state index contributed by atoms with van der Waals surface area (Å²) in [5, 5.41) is 29.6. The number of hydroxylamine groups is 2. The molecule has 6 unspecified atom stereocenters. The van der Waals surface area contributed by atoms with Gasteiger partial charge in [0.15, 0.2) is 0 Å². The first-order chi connectivity index (χ1) is 12.0. The molecular formula is C18H33NO7. The number of hydrogen-bond acceptors (Lipinski definition) is 5. The predicted octanol–water partition coefficient (Wildman–Crippen LogP) is 2.72. The topological polar surface area (TPSA) is 124 Å². The highest BCUT2D eigenvalue weighted by atomic mass is 16.7. The van der Waals surface area contributed by atoms with Gasteiger partial charge in [-0.05, 0) is 26.2 Å². The van der Waals surface area contributed by atoms with Crippen LogP contribution in [-0.2, 0) is 19.2 Å². The van der Waals surface area contributed by atoms with Crippen LogP contribution in [-0.4, -0.2) is 56.5 Å². The van der Waals surface area contributed by atoms with Gasteiger partial charge >= 0.3 is 17.9 Å². The molecule has 0 heterocycles. The van der Waals surface area contributed by atoms with Gasteiger partial charge in [0, 0.05) is 12.1 Å². The summed E-state index contributed by atoms with van der Waals surface area (Å²) in [4.78, 5) is 40.4. The molecule has 8 heteroatoms. The smallest absolute Gasteiger partial charge is 0.308 e. The maximum absolute atomic E-state index is 11.5. The van der Waals surface area contributed by atoms with Crippen molar-refractivity contribution in [3.8, 4) is 0 Å². The number of aliphatic carboxylic acids is 3. The van der Waals surface area contributed by atoms with Crippen molar-refractivity contribution in [2.75, 3.05) is 0 Å². The van der Waals surface area contributed by atoms with Crippen LogP contribution in [0.15, 0.2) is 0 Å². The van der Waals surface area contributed by atoms with Crippen LogP contribution in [0.5, 0.6) is 0 Å². The van der Waals surface area contributed by atoms with Crippen molar-refractivity contribution in [2.24, 2.45) is 17.8 Å². The molecule has 0 aliphatic rings. The molecule has 0 amide bonds. The third-order valence-corrected chi connectivity index (χ3v) is 5.03. The molecule has 6 atom stereocenters. The molecule has 0 aromatic heterocycles. The molecule has 0 aromatic rings. The SMILES string of the molecule is CCC(ON(C(CC)C(C)C(=O)O)C(CC)C(C)C(=O)O)C(C)C(=O)O. The lowest BCUT2D eigenvalue weighted by Gasteiger charge is -2.42. The fraction of sp³-hybridized carbons (Fsp3) is 0.833. The van der Waals surface area contributed by atoms with E-state index in [0.717, 1.165) is 0 Å². The summed E-state index contributed by atoms with van der Waals surface area (Å²) in [6.45, 7) is 10.0. The summed E-state index contributed by atoms with van der Waals surface area (Å²) >= 11 is 0. The Hall–Kier alpha value is -1.67. The van der Waals surface area contributed by atoms with Crippen LogP contribution < -0.4 is 0 Å². The minimum atomic E-state index is -1.02. The lowest BCUT2D eigenvalue weighted by atomic mass is 9.93. The first kappa shape index (κ1) is 24.3. The summed E-state index contributed by atoms with van der Waals surface area (Å²) in [5.74, 6) is -5.45. The van der Waals surface area contributed by atoms with Gasteiger partial charge in [-0.1, -0.05) is 34.6 Å². The van der Waals surface area contributed by atoms with Crippen molar-refractivity contribution in [1.29, 1.82) is 0 Å². The number of rotatable bonds is 13. The second-order valence-corrected chi connectivity index (χ2v) is 6.74.